The predicted molar refractivity (Wildman–Crippen MR) is 154 cm³/mol. The summed E-state index contributed by atoms with van der Waals surface area (Å²) in [7, 11) is 1.57. The summed E-state index contributed by atoms with van der Waals surface area (Å²) >= 11 is 1.19. The zero-order valence-electron chi connectivity index (χ0n) is 23.1. The van der Waals surface area contributed by atoms with Gasteiger partial charge < -0.3 is 19.0 Å². The number of methoxy groups -OCH3 is 1. The minimum Gasteiger partial charge on any atom is -0.497 e. The molecular weight excluding hydrogens is 544 g/mol. The molecule has 2 aromatic carbocycles. The summed E-state index contributed by atoms with van der Waals surface area (Å²) in [4.78, 5) is 43.6. The highest BCUT2D eigenvalue weighted by Crippen LogP contribution is 2.32. The Hall–Kier alpha value is -4.70. The fraction of sp³-hybridized carbons (Fsp3) is 0.226. The summed E-state index contributed by atoms with van der Waals surface area (Å²) in [6.45, 7) is 7.13. The average Bonchev–Trinajstić information content (AvgIpc) is 3.51. The van der Waals surface area contributed by atoms with E-state index in [1.54, 1.807) is 70.4 Å². The molecule has 10 heteroatoms. The van der Waals surface area contributed by atoms with Gasteiger partial charge in [-0.25, -0.2) is 14.6 Å². The molecule has 4 aromatic rings. The van der Waals surface area contributed by atoms with Gasteiger partial charge in [0.05, 0.1) is 40.6 Å². The normalized spacial score (nSPS) is 15.1. The van der Waals surface area contributed by atoms with Gasteiger partial charge in [0.1, 0.15) is 17.3 Å². The molecule has 3 heterocycles. The van der Waals surface area contributed by atoms with Gasteiger partial charge in [-0.2, -0.15) is 0 Å². The van der Waals surface area contributed by atoms with E-state index in [-0.39, 0.29) is 22.8 Å². The Morgan fingerprint density at radius 3 is 2.49 bits per heavy atom. The molecule has 0 unspecified atom stereocenters. The number of thiazole rings is 1. The number of rotatable bonds is 7. The van der Waals surface area contributed by atoms with Crippen LogP contribution in [0.5, 0.6) is 5.75 Å². The van der Waals surface area contributed by atoms with Crippen molar-refractivity contribution in [2.45, 2.75) is 39.8 Å². The van der Waals surface area contributed by atoms with Gasteiger partial charge in [0.15, 0.2) is 4.80 Å². The van der Waals surface area contributed by atoms with Crippen LogP contribution in [0.15, 0.2) is 80.1 Å². The first-order valence-electron chi connectivity index (χ1n) is 12.9. The van der Waals surface area contributed by atoms with Crippen LogP contribution in [0.25, 0.3) is 17.4 Å². The van der Waals surface area contributed by atoms with Crippen molar-refractivity contribution in [2.24, 2.45) is 4.99 Å². The number of ether oxygens (including phenoxy) is 2. The van der Waals surface area contributed by atoms with Crippen molar-refractivity contribution >= 4 is 29.4 Å². The van der Waals surface area contributed by atoms with Crippen LogP contribution in [0, 0.1) is 6.92 Å². The highest BCUT2D eigenvalue weighted by atomic mass is 32.1. The first-order valence-corrected chi connectivity index (χ1v) is 13.7. The molecule has 0 aliphatic carbocycles. The van der Waals surface area contributed by atoms with Crippen molar-refractivity contribution in [2.75, 3.05) is 7.11 Å². The Morgan fingerprint density at radius 2 is 1.83 bits per heavy atom. The maximum Gasteiger partial charge on any atom is 0.338 e. The quantitative estimate of drug-likeness (QED) is 0.325. The lowest BCUT2D eigenvalue weighted by atomic mass is 9.96. The molecule has 210 valence electrons. The zero-order valence-corrected chi connectivity index (χ0v) is 23.9. The second-order valence-electron chi connectivity index (χ2n) is 9.85. The second-order valence-corrected chi connectivity index (χ2v) is 10.9. The highest BCUT2D eigenvalue weighted by molar-refractivity contribution is 7.07. The first-order chi connectivity index (χ1) is 19.6. The molecule has 2 aromatic heterocycles. The van der Waals surface area contributed by atoms with Crippen LogP contribution in [0.3, 0.4) is 0 Å². The summed E-state index contributed by atoms with van der Waals surface area (Å²) in [6.07, 6.45) is 1.28. The number of carbonyl (C=O) groups excluding carboxylic acids is 1. The molecule has 1 aliphatic heterocycles. The minimum atomic E-state index is -1.03. The van der Waals surface area contributed by atoms with Gasteiger partial charge in [-0.15, -0.1) is 0 Å². The molecule has 1 atom stereocenters. The number of allylic oxidation sites excluding steroid dienone is 1. The van der Waals surface area contributed by atoms with Crippen molar-refractivity contribution in [3.05, 3.63) is 108 Å². The van der Waals surface area contributed by atoms with Gasteiger partial charge in [0.25, 0.3) is 5.56 Å². The molecule has 0 saturated carbocycles. The maximum atomic E-state index is 13.8. The number of nitrogens with zero attached hydrogens (tertiary/aromatic N) is 2. The van der Waals surface area contributed by atoms with Crippen molar-refractivity contribution in [1.29, 1.82) is 0 Å². The Labute approximate surface area is 239 Å². The Balaban J connectivity index is 1.62. The largest absolute Gasteiger partial charge is 0.497 e. The molecule has 0 spiro atoms. The molecule has 1 aliphatic rings. The van der Waals surface area contributed by atoms with Gasteiger partial charge in [-0.05, 0) is 75.2 Å². The van der Waals surface area contributed by atoms with Crippen molar-refractivity contribution in [3.8, 4) is 17.1 Å². The molecule has 1 N–H and O–H groups in total. The van der Waals surface area contributed by atoms with Gasteiger partial charge in [-0.1, -0.05) is 29.5 Å². The SMILES string of the molecule is COc1ccc([C@H]2C(C(=O)OC(C)C)=C(C)N=c3s/c(=C\c4ccc(-c5cc(C(=O)O)ccc5C)o4)c(=O)n32)cc1. The third kappa shape index (κ3) is 5.38. The van der Waals surface area contributed by atoms with E-state index >= 15 is 0 Å². The number of carbonyl (C=O) groups is 2. The summed E-state index contributed by atoms with van der Waals surface area (Å²) < 4.78 is 18.7. The number of carboxylic acids is 1. The maximum absolute atomic E-state index is 13.8. The summed E-state index contributed by atoms with van der Waals surface area (Å²) in [5.41, 5.74) is 2.78. The number of aryl methyl sites for hydroxylation is 1. The zero-order chi connectivity index (χ0) is 29.4. The molecule has 0 radical (unpaired) electrons. The number of hydrogen-bond acceptors (Lipinski definition) is 8. The van der Waals surface area contributed by atoms with E-state index in [1.807, 2.05) is 19.1 Å². The fourth-order valence-corrected chi connectivity index (χ4v) is 5.71. The van der Waals surface area contributed by atoms with Crippen LogP contribution >= 0.6 is 11.3 Å². The van der Waals surface area contributed by atoms with Crippen LogP contribution in [0.2, 0.25) is 0 Å². The molecule has 9 nitrogen and oxygen atoms in total. The van der Waals surface area contributed by atoms with E-state index < -0.39 is 18.0 Å². The third-order valence-corrected chi connectivity index (χ3v) is 7.65. The molecular formula is C31H28N2O7S. The molecule has 0 amide bonds. The number of furan rings is 1. The number of benzene rings is 2. The Morgan fingerprint density at radius 1 is 1.10 bits per heavy atom. The molecule has 5 rings (SSSR count). The van der Waals surface area contributed by atoms with Crippen molar-refractivity contribution in [3.63, 3.8) is 0 Å². The second kappa shape index (κ2) is 11.1. The molecule has 0 saturated heterocycles. The number of aromatic nitrogens is 1. The van der Waals surface area contributed by atoms with Crippen LogP contribution < -0.4 is 19.6 Å². The summed E-state index contributed by atoms with van der Waals surface area (Å²) in [6, 6.07) is 14.7. The van der Waals surface area contributed by atoms with Crippen LogP contribution in [-0.2, 0) is 9.53 Å². The number of hydrogen-bond donors (Lipinski definition) is 1. The summed E-state index contributed by atoms with van der Waals surface area (Å²) in [5, 5.41) is 9.38. The fourth-order valence-electron chi connectivity index (χ4n) is 4.69. The van der Waals surface area contributed by atoms with Crippen LogP contribution in [0.4, 0.5) is 0 Å². The monoisotopic (exact) mass is 572 g/mol. The number of fused-ring (bicyclic) bond motifs is 1. The molecule has 0 fully saturated rings. The number of carboxylic acid groups (broad SMARTS) is 1. The number of esters is 1. The minimum absolute atomic E-state index is 0.151. The lowest BCUT2D eigenvalue weighted by Gasteiger charge is -2.25. The molecule has 0 bridgehead atoms. The van der Waals surface area contributed by atoms with Crippen LogP contribution in [-0.4, -0.2) is 34.8 Å². The van der Waals surface area contributed by atoms with Gasteiger partial charge >= 0.3 is 11.9 Å². The van der Waals surface area contributed by atoms with Gasteiger partial charge in [0, 0.05) is 11.6 Å². The van der Waals surface area contributed by atoms with E-state index in [2.05, 4.69) is 4.99 Å². The average molecular weight is 573 g/mol. The lowest BCUT2D eigenvalue weighted by Crippen LogP contribution is -2.40. The molecule has 41 heavy (non-hydrogen) atoms. The van der Waals surface area contributed by atoms with E-state index in [1.165, 1.54) is 22.0 Å². The van der Waals surface area contributed by atoms with Gasteiger partial charge in [0.2, 0.25) is 0 Å². The third-order valence-electron chi connectivity index (χ3n) is 6.67. The number of aromatic carboxylic acids is 1. The summed E-state index contributed by atoms with van der Waals surface area (Å²) in [5.74, 6) is -0.0220. The Bertz CT molecular complexity index is 1870. The first kappa shape index (κ1) is 27.9. The van der Waals surface area contributed by atoms with E-state index in [9.17, 15) is 19.5 Å². The highest BCUT2D eigenvalue weighted by Gasteiger charge is 2.33. The topological polar surface area (TPSA) is 120 Å². The smallest absolute Gasteiger partial charge is 0.338 e. The van der Waals surface area contributed by atoms with E-state index in [4.69, 9.17) is 13.9 Å². The lowest BCUT2D eigenvalue weighted by molar-refractivity contribution is -0.143. The predicted octanol–water partition coefficient (Wildman–Crippen LogP) is 4.46. The van der Waals surface area contributed by atoms with Crippen molar-refractivity contribution < 1.29 is 28.6 Å². The van der Waals surface area contributed by atoms with E-state index in [0.717, 1.165) is 5.56 Å². The Kier molecular flexibility index (Phi) is 7.51. The van der Waals surface area contributed by atoms with E-state index in [0.29, 0.717) is 43.4 Å². The van der Waals surface area contributed by atoms with Gasteiger partial charge in [-0.3, -0.25) is 9.36 Å². The van der Waals surface area contributed by atoms with Crippen molar-refractivity contribution in [1.82, 2.24) is 4.57 Å². The van der Waals surface area contributed by atoms with Crippen LogP contribution in [0.1, 0.15) is 54.1 Å². The standard InChI is InChI=1S/C31H28N2O7S/c1-16(2)39-30(37)26-18(4)32-31-33(27(26)19-8-10-21(38-5)11-9-19)28(34)25(41-31)15-22-12-13-24(40-22)23-14-20(29(35)36)7-6-17(23)3/h6-16,27H,1-5H3,(H,35,36)/b25-15-/t27-/m0/s1.